The van der Waals surface area contributed by atoms with Gasteiger partial charge in [-0.1, -0.05) is 23.7 Å². The first-order chi connectivity index (χ1) is 7.36. The number of methoxy groups -OCH3 is 1. The van der Waals surface area contributed by atoms with E-state index in [1.807, 2.05) is 25.1 Å². The maximum atomic E-state index is 11.9. The van der Waals surface area contributed by atoms with Crippen LogP contribution in [0.3, 0.4) is 0 Å². The highest BCUT2D eigenvalue weighted by atomic mass is 35.5. The summed E-state index contributed by atoms with van der Waals surface area (Å²) in [5, 5.41) is 0.639. The van der Waals surface area contributed by atoms with Crippen LogP contribution in [-0.2, 0) is 16.0 Å². The zero-order valence-corrected chi connectivity index (χ0v) is 10.9. The van der Waals surface area contributed by atoms with Gasteiger partial charge in [-0.15, -0.1) is 0 Å². The lowest BCUT2D eigenvalue weighted by molar-refractivity contribution is -0.136. The molecule has 0 saturated carbocycles. The Labute approximate surface area is 102 Å². The normalized spacial score (nSPS) is 11.6. The molecule has 0 aliphatic heterocycles. The van der Waals surface area contributed by atoms with E-state index < -0.39 is 5.60 Å². The van der Waals surface area contributed by atoms with Crippen molar-refractivity contribution in [2.75, 3.05) is 7.11 Å². The number of rotatable bonds is 4. The molecule has 0 spiro atoms. The van der Waals surface area contributed by atoms with Crippen molar-refractivity contribution < 1.29 is 9.53 Å². The van der Waals surface area contributed by atoms with Crippen molar-refractivity contribution in [3.05, 3.63) is 34.3 Å². The first kappa shape index (κ1) is 13.2. The summed E-state index contributed by atoms with van der Waals surface area (Å²) in [6, 6.07) is 5.71. The number of ketones is 1. The molecule has 88 valence electrons. The topological polar surface area (TPSA) is 26.3 Å². The second-order valence-corrected chi connectivity index (χ2v) is 4.82. The molecule has 3 heteroatoms. The van der Waals surface area contributed by atoms with Gasteiger partial charge in [-0.3, -0.25) is 4.79 Å². The molecule has 1 aromatic rings. The molecule has 0 aromatic heterocycles. The molecule has 0 unspecified atom stereocenters. The molecule has 0 heterocycles. The van der Waals surface area contributed by atoms with Crippen LogP contribution in [0.5, 0.6) is 0 Å². The van der Waals surface area contributed by atoms with Crippen molar-refractivity contribution in [2.24, 2.45) is 0 Å². The van der Waals surface area contributed by atoms with Crippen molar-refractivity contribution in [3.8, 4) is 0 Å². The lowest BCUT2D eigenvalue weighted by Gasteiger charge is -2.21. The molecule has 16 heavy (non-hydrogen) atoms. The highest BCUT2D eigenvalue weighted by molar-refractivity contribution is 6.31. The average molecular weight is 241 g/mol. The second kappa shape index (κ2) is 4.98. The van der Waals surface area contributed by atoms with Crippen LogP contribution in [0.1, 0.15) is 25.0 Å². The van der Waals surface area contributed by atoms with Crippen LogP contribution >= 0.6 is 11.6 Å². The molecule has 1 aromatic carbocycles. The maximum absolute atomic E-state index is 11.9. The van der Waals surface area contributed by atoms with E-state index in [4.69, 9.17) is 16.3 Å². The van der Waals surface area contributed by atoms with Gasteiger partial charge in [0.25, 0.3) is 0 Å². The molecule has 0 fully saturated rings. The average Bonchev–Trinajstić information content (AvgIpc) is 2.22. The maximum Gasteiger partial charge on any atom is 0.168 e. The summed E-state index contributed by atoms with van der Waals surface area (Å²) in [7, 11) is 1.54. The minimum atomic E-state index is -0.756. The van der Waals surface area contributed by atoms with Crippen LogP contribution in [0.2, 0.25) is 5.02 Å². The molecule has 0 bridgehead atoms. The van der Waals surface area contributed by atoms with E-state index in [1.165, 1.54) is 7.11 Å². The molecular weight excluding hydrogens is 224 g/mol. The van der Waals surface area contributed by atoms with Gasteiger partial charge < -0.3 is 4.74 Å². The number of aryl methyl sites for hydroxylation is 1. The Balaban J connectivity index is 2.85. The number of benzene rings is 1. The Morgan fingerprint density at radius 1 is 1.44 bits per heavy atom. The molecular formula is C13H17ClO2. The van der Waals surface area contributed by atoms with Crippen molar-refractivity contribution >= 4 is 17.4 Å². The van der Waals surface area contributed by atoms with Crippen molar-refractivity contribution in [1.29, 1.82) is 0 Å². The van der Waals surface area contributed by atoms with E-state index in [2.05, 4.69) is 0 Å². The monoisotopic (exact) mass is 240 g/mol. The van der Waals surface area contributed by atoms with Crippen molar-refractivity contribution in [3.63, 3.8) is 0 Å². The SMILES string of the molecule is COC(C)(C)C(=O)Cc1ccc(C)cc1Cl. The van der Waals surface area contributed by atoms with E-state index in [0.717, 1.165) is 11.1 Å². The fourth-order valence-corrected chi connectivity index (χ4v) is 1.60. The molecule has 0 radical (unpaired) electrons. The van der Waals surface area contributed by atoms with Crippen LogP contribution in [0.15, 0.2) is 18.2 Å². The largest absolute Gasteiger partial charge is 0.371 e. The van der Waals surface area contributed by atoms with E-state index in [-0.39, 0.29) is 5.78 Å². The summed E-state index contributed by atoms with van der Waals surface area (Å²) in [4.78, 5) is 11.9. The molecule has 0 aliphatic carbocycles. The van der Waals surface area contributed by atoms with Crippen molar-refractivity contribution in [2.45, 2.75) is 32.8 Å². The van der Waals surface area contributed by atoms with Crippen LogP contribution in [-0.4, -0.2) is 18.5 Å². The van der Waals surface area contributed by atoms with Gasteiger partial charge in [-0.05, 0) is 38.0 Å². The van der Waals surface area contributed by atoms with E-state index in [1.54, 1.807) is 13.8 Å². The first-order valence-electron chi connectivity index (χ1n) is 5.20. The van der Waals surface area contributed by atoms with Gasteiger partial charge in [-0.2, -0.15) is 0 Å². The summed E-state index contributed by atoms with van der Waals surface area (Å²) < 4.78 is 5.14. The van der Waals surface area contributed by atoms with Gasteiger partial charge in [0.05, 0.1) is 0 Å². The van der Waals surface area contributed by atoms with Gasteiger partial charge in [0.2, 0.25) is 0 Å². The lowest BCUT2D eigenvalue weighted by atomic mass is 9.96. The third-order valence-corrected chi connectivity index (χ3v) is 3.09. The van der Waals surface area contributed by atoms with E-state index in [0.29, 0.717) is 11.4 Å². The number of carbonyl (C=O) groups is 1. The Kier molecular flexibility index (Phi) is 4.11. The fraction of sp³-hybridized carbons (Fsp3) is 0.462. The molecule has 0 amide bonds. The molecule has 0 saturated heterocycles. The lowest BCUT2D eigenvalue weighted by Crippen LogP contribution is -2.35. The van der Waals surface area contributed by atoms with Crippen LogP contribution in [0, 0.1) is 6.92 Å². The van der Waals surface area contributed by atoms with Gasteiger partial charge in [0.1, 0.15) is 5.60 Å². The third-order valence-electron chi connectivity index (χ3n) is 2.74. The number of hydrogen-bond acceptors (Lipinski definition) is 2. The third kappa shape index (κ3) is 3.06. The Morgan fingerprint density at radius 2 is 2.06 bits per heavy atom. The van der Waals surface area contributed by atoms with Gasteiger partial charge >= 0.3 is 0 Å². The molecule has 0 N–H and O–H groups in total. The van der Waals surface area contributed by atoms with Gasteiger partial charge in [0, 0.05) is 18.6 Å². The minimum Gasteiger partial charge on any atom is -0.371 e. The predicted molar refractivity (Wildman–Crippen MR) is 66.0 cm³/mol. The van der Waals surface area contributed by atoms with Gasteiger partial charge in [-0.25, -0.2) is 0 Å². The quantitative estimate of drug-likeness (QED) is 0.808. The summed E-state index contributed by atoms with van der Waals surface area (Å²) in [5.74, 6) is 0.0285. The molecule has 1 rings (SSSR count). The molecule has 0 atom stereocenters. The summed E-state index contributed by atoms with van der Waals surface area (Å²) in [6.45, 7) is 5.49. The smallest absolute Gasteiger partial charge is 0.168 e. The minimum absolute atomic E-state index is 0.0285. The van der Waals surface area contributed by atoms with Crippen LogP contribution in [0.25, 0.3) is 0 Å². The predicted octanol–water partition coefficient (Wildman–Crippen LogP) is 3.19. The summed E-state index contributed by atoms with van der Waals surface area (Å²) in [6.07, 6.45) is 0.306. The van der Waals surface area contributed by atoms with Gasteiger partial charge in [0.15, 0.2) is 5.78 Å². The molecule has 0 aliphatic rings. The number of carbonyl (C=O) groups excluding carboxylic acids is 1. The number of hydrogen-bond donors (Lipinski definition) is 0. The highest BCUT2D eigenvalue weighted by Gasteiger charge is 2.27. The standard InChI is InChI=1S/C13H17ClO2/c1-9-5-6-10(11(14)7-9)8-12(15)13(2,3)16-4/h5-7H,8H2,1-4H3. The van der Waals surface area contributed by atoms with Crippen LogP contribution < -0.4 is 0 Å². The highest BCUT2D eigenvalue weighted by Crippen LogP contribution is 2.21. The Bertz CT molecular complexity index is 397. The van der Waals surface area contributed by atoms with E-state index in [9.17, 15) is 4.79 Å². The fourth-order valence-electron chi connectivity index (χ4n) is 1.30. The summed E-state index contributed by atoms with van der Waals surface area (Å²) in [5.41, 5.74) is 1.18. The number of Topliss-reactive ketones (excluding diaryl/α,β-unsaturated/α-hetero) is 1. The number of halogens is 1. The zero-order valence-electron chi connectivity index (χ0n) is 10.1. The first-order valence-corrected chi connectivity index (χ1v) is 5.58. The Morgan fingerprint density at radius 3 is 2.56 bits per heavy atom. The van der Waals surface area contributed by atoms with Crippen molar-refractivity contribution in [1.82, 2.24) is 0 Å². The zero-order chi connectivity index (χ0) is 12.3. The second-order valence-electron chi connectivity index (χ2n) is 4.41. The summed E-state index contributed by atoms with van der Waals surface area (Å²) >= 11 is 6.07. The number of ether oxygens (including phenoxy) is 1. The molecule has 2 nitrogen and oxygen atoms in total. The Hall–Kier alpha value is -0.860. The van der Waals surface area contributed by atoms with E-state index >= 15 is 0 Å². The van der Waals surface area contributed by atoms with Crippen LogP contribution in [0.4, 0.5) is 0 Å².